The van der Waals surface area contributed by atoms with Crippen LogP contribution < -0.4 is 9.44 Å². The molecule has 0 aliphatic heterocycles. The maximum Gasteiger partial charge on any atom is 0.278 e. The molecule has 104 valence electrons. The highest BCUT2D eigenvalue weighted by molar-refractivity contribution is 7.87. The first kappa shape index (κ1) is 15.4. The largest absolute Gasteiger partial charge is 0.278 e. The molecule has 6 heteroatoms. The fourth-order valence-electron chi connectivity index (χ4n) is 2.25. The minimum atomic E-state index is -3.65. The summed E-state index contributed by atoms with van der Waals surface area (Å²) in [4.78, 5) is 0. The van der Waals surface area contributed by atoms with Crippen molar-refractivity contribution >= 4 is 10.2 Å². The van der Waals surface area contributed by atoms with Crippen LogP contribution in [-0.2, 0) is 10.2 Å². The maximum atomic E-state index is 12.0. The molecule has 1 aliphatic rings. The van der Waals surface area contributed by atoms with Gasteiger partial charge in [0.2, 0.25) is 0 Å². The van der Waals surface area contributed by atoms with E-state index >= 15 is 0 Å². The van der Waals surface area contributed by atoms with Crippen LogP contribution in [0.2, 0.25) is 0 Å². The number of nitrogens with zero attached hydrogens (tertiary/aromatic N) is 1. The van der Waals surface area contributed by atoms with Crippen molar-refractivity contribution in [1.29, 1.82) is 5.26 Å². The molecule has 0 unspecified atom stereocenters. The number of nitriles is 1. The first-order valence-electron chi connectivity index (χ1n) is 6.42. The second-order valence-electron chi connectivity index (χ2n) is 6.07. The van der Waals surface area contributed by atoms with E-state index in [1.165, 1.54) is 0 Å². The minimum absolute atomic E-state index is 0.548. The molecule has 0 spiro atoms. The van der Waals surface area contributed by atoms with Gasteiger partial charge in [-0.25, -0.2) is 0 Å². The summed E-state index contributed by atoms with van der Waals surface area (Å²) < 4.78 is 29.1. The van der Waals surface area contributed by atoms with Gasteiger partial charge in [0, 0.05) is 5.54 Å². The van der Waals surface area contributed by atoms with Crippen molar-refractivity contribution in [2.75, 3.05) is 0 Å². The predicted molar refractivity (Wildman–Crippen MR) is 71.0 cm³/mol. The van der Waals surface area contributed by atoms with Gasteiger partial charge in [0.25, 0.3) is 10.2 Å². The van der Waals surface area contributed by atoms with Gasteiger partial charge in [0.05, 0.1) is 6.07 Å². The third-order valence-electron chi connectivity index (χ3n) is 2.94. The fourth-order valence-corrected chi connectivity index (χ4v) is 3.88. The lowest BCUT2D eigenvalue weighted by Gasteiger charge is -2.29. The Balaban J connectivity index is 2.82. The highest BCUT2D eigenvalue weighted by Gasteiger charge is 2.36. The topological polar surface area (TPSA) is 82.0 Å². The highest BCUT2D eigenvalue weighted by Crippen LogP contribution is 2.27. The Bertz CT molecular complexity index is 410. The second-order valence-corrected chi connectivity index (χ2v) is 7.48. The smallest absolute Gasteiger partial charge is 0.197 e. The zero-order chi connectivity index (χ0) is 13.9. The molecule has 0 bridgehead atoms. The van der Waals surface area contributed by atoms with E-state index in [4.69, 9.17) is 0 Å². The summed E-state index contributed by atoms with van der Waals surface area (Å²) in [6.45, 7) is 5.33. The summed E-state index contributed by atoms with van der Waals surface area (Å²) >= 11 is 0. The molecule has 0 radical (unpaired) electrons. The van der Waals surface area contributed by atoms with Gasteiger partial charge in [-0.2, -0.15) is 23.1 Å². The Morgan fingerprint density at radius 2 is 1.61 bits per heavy atom. The zero-order valence-electron chi connectivity index (χ0n) is 11.4. The lowest BCUT2D eigenvalue weighted by molar-refractivity contribution is 0.407. The molecule has 1 saturated carbocycles. The number of hydrogen-bond donors (Lipinski definition) is 2. The van der Waals surface area contributed by atoms with Crippen LogP contribution in [0.3, 0.4) is 0 Å². The van der Waals surface area contributed by atoms with Crippen molar-refractivity contribution in [3.05, 3.63) is 0 Å². The Hall–Kier alpha value is -0.640. The van der Waals surface area contributed by atoms with Gasteiger partial charge in [-0.15, -0.1) is 0 Å². The van der Waals surface area contributed by atoms with Crippen molar-refractivity contribution in [2.24, 2.45) is 0 Å². The molecule has 1 fully saturated rings. The van der Waals surface area contributed by atoms with Crippen LogP contribution in [0.25, 0.3) is 0 Å². The standard InChI is InChI=1S/C12H23N3O2S/c1-11(2,3)14-18(16,17)15-12(10-13)8-6-4-5-7-9-12/h14-15H,4-9H2,1-3H3. The predicted octanol–water partition coefficient (Wildman–Crippen LogP) is 1.83. The van der Waals surface area contributed by atoms with Crippen LogP contribution >= 0.6 is 0 Å². The average Bonchev–Trinajstić information content (AvgIpc) is 2.39. The molecule has 0 amide bonds. The van der Waals surface area contributed by atoms with Crippen LogP contribution in [0.15, 0.2) is 0 Å². The van der Waals surface area contributed by atoms with Gasteiger partial charge >= 0.3 is 0 Å². The highest BCUT2D eigenvalue weighted by atomic mass is 32.2. The van der Waals surface area contributed by atoms with E-state index in [0.29, 0.717) is 12.8 Å². The van der Waals surface area contributed by atoms with E-state index in [9.17, 15) is 13.7 Å². The Morgan fingerprint density at radius 1 is 1.11 bits per heavy atom. The van der Waals surface area contributed by atoms with Gasteiger partial charge in [-0.05, 0) is 33.6 Å². The Morgan fingerprint density at radius 3 is 2.00 bits per heavy atom. The van der Waals surface area contributed by atoms with Gasteiger partial charge in [0.1, 0.15) is 5.54 Å². The first-order chi connectivity index (χ1) is 8.18. The summed E-state index contributed by atoms with van der Waals surface area (Å²) in [5.74, 6) is 0. The molecule has 5 nitrogen and oxygen atoms in total. The quantitative estimate of drug-likeness (QED) is 0.770. The van der Waals surface area contributed by atoms with E-state index in [2.05, 4.69) is 15.5 Å². The molecule has 0 heterocycles. The van der Waals surface area contributed by atoms with E-state index in [1.807, 2.05) is 0 Å². The normalized spacial score (nSPS) is 21.0. The fraction of sp³-hybridized carbons (Fsp3) is 0.917. The molecule has 18 heavy (non-hydrogen) atoms. The molecular formula is C12H23N3O2S. The van der Waals surface area contributed by atoms with Crippen molar-refractivity contribution in [3.8, 4) is 6.07 Å². The summed E-state index contributed by atoms with van der Waals surface area (Å²) in [6, 6.07) is 2.17. The summed E-state index contributed by atoms with van der Waals surface area (Å²) in [5.41, 5.74) is -1.49. The number of rotatable bonds is 3. The van der Waals surface area contributed by atoms with E-state index in [0.717, 1.165) is 25.7 Å². The molecule has 0 saturated heterocycles. The number of nitrogens with one attached hydrogen (secondary N) is 2. The molecule has 2 N–H and O–H groups in total. The average molecular weight is 273 g/mol. The molecule has 0 aromatic carbocycles. The van der Waals surface area contributed by atoms with E-state index < -0.39 is 21.3 Å². The Kier molecular flexibility index (Phi) is 4.76. The van der Waals surface area contributed by atoms with E-state index in [1.54, 1.807) is 20.8 Å². The zero-order valence-corrected chi connectivity index (χ0v) is 12.2. The molecule has 1 rings (SSSR count). The lowest BCUT2D eigenvalue weighted by atomic mass is 9.94. The van der Waals surface area contributed by atoms with Crippen LogP contribution in [0.5, 0.6) is 0 Å². The Labute approximate surface area is 110 Å². The van der Waals surface area contributed by atoms with Crippen LogP contribution in [0.1, 0.15) is 59.3 Å². The maximum absolute atomic E-state index is 12.0. The van der Waals surface area contributed by atoms with Gasteiger partial charge in [-0.1, -0.05) is 25.7 Å². The lowest BCUT2D eigenvalue weighted by Crippen LogP contribution is -2.55. The van der Waals surface area contributed by atoms with Crippen LogP contribution in [0.4, 0.5) is 0 Å². The molecule has 1 aliphatic carbocycles. The minimum Gasteiger partial charge on any atom is -0.197 e. The van der Waals surface area contributed by atoms with Crippen LogP contribution in [-0.4, -0.2) is 19.5 Å². The van der Waals surface area contributed by atoms with Crippen molar-refractivity contribution in [2.45, 2.75) is 70.4 Å². The monoisotopic (exact) mass is 273 g/mol. The molecule has 0 aromatic heterocycles. The molecule has 0 aromatic rings. The van der Waals surface area contributed by atoms with E-state index in [-0.39, 0.29) is 0 Å². The van der Waals surface area contributed by atoms with Gasteiger partial charge in [0.15, 0.2) is 0 Å². The SMILES string of the molecule is CC(C)(C)NS(=O)(=O)NC1(C#N)CCCCCC1. The van der Waals surface area contributed by atoms with Crippen molar-refractivity contribution < 1.29 is 8.42 Å². The van der Waals surface area contributed by atoms with Crippen LogP contribution in [0, 0.1) is 11.3 Å². The van der Waals surface area contributed by atoms with Crippen molar-refractivity contribution in [3.63, 3.8) is 0 Å². The van der Waals surface area contributed by atoms with Crippen molar-refractivity contribution in [1.82, 2.24) is 9.44 Å². The van der Waals surface area contributed by atoms with Gasteiger partial charge in [-0.3, -0.25) is 0 Å². The third-order valence-corrected chi connectivity index (χ3v) is 4.48. The van der Waals surface area contributed by atoms with Gasteiger partial charge < -0.3 is 0 Å². The number of hydrogen-bond acceptors (Lipinski definition) is 3. The molecule has 0 atom stereocenters. The second kappa shape index (κ2) is 5.55. The molecular weight excluding hydrogens is 250 g/mol. The summed E-state index contributed by atoms with van der Waals surface area (Å²) in [5, 5.41) is 9.32. The first-order valence-corrected chi connectivity index (χ1v) is 7.91. The third kappa shape index (κ3) is 4.92. The summed E-state index contributed by atoms with van der Waals surface area (Å²) in [7, 11) is -3.65. The summed E-state index contributed by atoms with van der Waals surface area (Å²) in [6.07, 6.45) is 5.11.